The largest absolute Gasteiger partial charge is 0.467 e. The summed E-state index contributed by atoms with van der Waals surface area (Å²) in [5.41, 5.74) is 2.92. The summed E-state index contributed by atoms with van der Waals surface area (Å²) in [7, 11) is 1.47. The van der Waals surface area contributed by atoms with Gasteiger partial charge in [-0.15, -0.1) is 0 Å². The number of aliphatic imine (C=N–C) groups is 1. The number of hydrogen-bond donors (Lipinski definition) is 0. The fraction of sp³-hybridized carbons (Fsp3) is 0.391. The lowest BCUT2D eigenvalue weighted by Crippen LogP contribution is -2.52. The minimum atomic E-state index is -0.460. The SMILES string of the molecule is COC(=O)[C@@H](N=C(c1ccccc1)c1ccccc1)[C@H]1CN2CCC1CC2. The molecule has 2 atom stereocenters. The molecule has 3 saturated heterocycles. The fourth-order valence-corrected chi connectivity index (χ4v) is 4.46. The van der Waals surface area contributed by atoms with Gasteiger partial charge in [0, 0.05) is 23.6 Å². The summed E-state index contributed by atoms with van der Waals surface area (Å²) in [6.45, 7) is 3.22. The maximum atomic E-state index is 12.7. The molecular formula is C23H26N2O2. The molecule has 2 aromatic rings. The summed E-state index contributed by atoms with van der Waals surface area (Å²) >= 11 is 0. The van der Waals surface area contributed by atoms with Crippen LogP contribution in [-0.2, 0) is 9.53 Å². The zero-order valence-electron chi connectivity index (χ0n) is 15.8. The molecule has 4 heteroatoms. The Labute approximate surface area is 160 Å². The lowest BCUT2D eigenvalue weighted by atomic mass is 9.75. The normalized spacial score (nSPS) is 24.9. The van der Waals surface area contributed by atoms with E-state index in [1.54, 1.807) is 0 Å². The molecule has 0 saturated carbocycles. The van der Waals surface area contributed by atoms with Crippen LogP contribution in [0, 0.1) is 11.8 Å². The van der Waals surface area contributed by atoms with Crippen LogP contribution in [0.2, 0.25) is 0 Å². The topological polar surface area (TPSA) is 41.9 Å². The summed E-state index contributed by atoms with van der Waals surface area (Å²) in [6, 6.07) is 19.8. The average molecular weight is 362 g/mol. The highest BCUT2D eigenvalue weighted by atomic mass is 16.5. The van der Waals surface area contributed by atoms with E-state index in [0.29, 0.717) is 5.92 Å². The number of benzene rings is 2. The van der Waals surface area contributed by atoms with Crippen molar-refractivity contribution in [1.29, 1.82) is 0 Å². The molecule has 0 aliphatic carbocycles. The van der Waals surface area contributed by atoms with Gasteiger partial charge in [-0.2, -0.15) is 0 Å². The minimum Gasteiger partial charge on any atom is -0.467 e. The van der Waals surface area contributed by atoms with Crippen LogP contribution in [0.3, 0.4) is 0 Å². The molecule has 3 aliphatic heterocycles. The third-order valence-electron chi connectivity index (χ3n) is 5.92. The number of methoxy groups -OCH3 is 1. The van der Waals surface area contributed by atoms with Gasteiger partial charge in [-0.25, -0.2) is 4.79 Å². The van der Waals surface area contributed by atoms with Gasteiger partial charge in [0.05, 0.1) is 12.8 Å². The van der Waals surface area contributed by atoms with Crippen LogP contribution in [-0.4, -0.2) is 49.4 Å². The highest BCUT2D eigenvalue weighted by molar-refractivity contribution is 6.13. The smallest absolute Gasteiger partial charge is 0.330 e. The van der Waals surface area contributed by atoms with Crippen molar-refractivity contribution in [3.8, 4) is 0 Å². The summed E-state index contributed by atoms with van der Waals surface area (Å²) in [4.78, 5) is 20.2. The van der Waals surface area contributed by atoms with Gasteiger partial charge in [0.1, 0.15) is 0 Å². The van der Waals surface area contributed by atoms with Crippen molar-refractivity contribution >= 4 is 11.7 Å². The number of piperidine rings is 3. The Morgan fingerprint density at radius 1 is 1.00 bits per heavy atom. The van der Waals surface area contributed by atoms with E-state index < -0.39 is 6.04 Å². The van der Waals surface area contributed by atoms with Crippen LogP contribution in [0.4, 0.5) is 0 Å². The molecule has 4 nitrogen and oxygen atoms in total. The highest BCUT2D eigenvalue weighted by Crippen LogP contribution is 2.36. The second kappa shape index (κ2) is 8.05. The maximum absolute atomic E-state index is 12.7. The highest BCUT2D eigenvalue weighted by Gasteiger charge is 2.42. The Morgan fingerprint density at radius 2 is 1.56 bits per heavy atom. The van der Waals surface area contributed by atoms with Gasteiger partial charge in [0.15, 0.2) is 6.04 Å². The molecule has 0 aromatic heterocycles. The van der Waals surface area contributed by atoms with Gasteiger partial charge < -0.3 is 9.64 Å². The maximum Gasteiger partial charge on any atom is 0.330 e. The van der Waals surface area contributed by atoms with Crippen molar-refractivity contribution < 1.29 is 9.53 Å². The standard InChI is InChI=1S/C23H26N2O2/c1-27-23(26)22(20-16-25-14-12-17(20)13-15-25)24-21(18-8-4-2-5-9-18)19-10-6-3-7-11-19/h2-11,17,20,22H,12-16H2,1H3/t20-,22-/m0/s1. The second-order valence-electron chi connectivity index (χ2n) is 7.48. The summed E-state index contributed by atoms with van der Waals surface area (Å²) in [5, 5.41) is 0. The van der Waals surface area contributed by atoms with Crippen molar-refractivity contribution in [3.63, 3.8) is 0 Å². The third kappa shape index (κ3) is 3.81. The van der Waals surface area contributed by atoms with Crippen molar-refractivity contribution in [2.45, 2.75) is 18.9 Å². The van der Waals surface area contributed by atoms with Gasteiger partial charge in [0.2, 0.25) is 0 Å². The fourth-order valence-electron chi connectivity index (χ4n) is 4.46. The Bertz CT molecular complexity index is 754. The Kier molecular flexibility index (Phi) is 5.35. The molecule has 3 fully saturated rings. The molecule has 2 bridgehead atoms. The number of fused-ring (bicyclic) bond motifs is 3. The van der Waals surface area contributed by atoms with Gasteiger partial charge in [0.25, 0.3) is 0 Å². The number of esters is 1. The molecule has 0 radical (unpaired) electrons. The third-order valence-corrected chi connectivity index (χ3v) is 5.92. The van der Waals surface area contributed by atoms with E-state index in [0.717, 1.165) is 49.3 Å². The molecule has 3 aliphatic rings. The Morgan fingerprint density at radius 3 is 2.00 bits per heavy atom. The first-order chi connectivity index (χ1) is 13.3. The first-order valence-electron chi connectivity index (χ1n) is 9.75. The first-order valence-corrected chi connectivity index (χ1v) is 9.75. The Hall–Kier alpha value is -2.46. The average Bonchev–Trinajstić information content (AvgIpc) is 2.76. The minimum absolute atomic E-state index is 0.224. The van der Waals surface area contributed by atoms with Crippen LogP contribution in [0.1, 0.15) is 24.0 Å². The summed E-state index contributed by atoms with van der Waals surface area (Å²) in [6.07, 6.45) is 2.30. The van der Waals surface area contributed by atoms with E-state index >= 15 is 0 Å². The van der Waals surface area contributed by atoms with Crippen LogP contribution < -0.4 is 0 Å². The summed E-state index contributed by atoms with van der Waals surface area (Å²) in [5.74, 6) is 0.552. The molecular weight excluding hydrogens is 336 g/mol. The first kappa shape index (κ1) is 17.9. The molecule has 5 rings (SSSR count). The number of carbonyl (C=O) groups is 1. The molecule has 0 N–H and O–H groups in total. The molecule has 140 valence electrons. The number of carbonyl (C=O) groups excluding carboxylic acids is 1. The lowest BCUT2D eigenvalue weighted by Gasteiger charge is -2.46. The van der Waals surface area contributed by atoms with Gasteiger partial charge in [-0.1, -0.05) is 60.7 Å². The van der Waals surface area contributed by atoms with Gasteiger partial charge in [-0.3, -0.25) is 4.99 Å². The molecule has 0 amide bonds. The molecule has 0 spiro atoms. The quantitative estimate of drug-likeness (QED) is 0.605. The van der Waals surface area contributed by atoms with Crippen molar-refractivity contribution in [3.05, 3.63) is 71.8 Å². The zero-order chi connectivity index (χ0) is 18.6. The number of ether oxygens (including phenoxy) is 1. The van der Waals surface area contributed by atoms with E-state index in [-0.39, 0.29) is 11.9 Å². The zero-order valence-corrected chi connectivity index (χ0v) is 15.8. The Balaban J connectivity index is 1.76. The number of hydrogen-bond acceptors (Lipinski definition) is 4. The van der Waals surface area contributed by atoms with Crippen LogP contribution in [0.25, 0.3) is 0 Å². The van der Waals surface area contributed by atoms with E-state index in [4.69, 9.17) is 9.73 Å². The van der Waals surface area contributed by atoms with E-state index in [2.05, 4.69) is 29.2 Å². The van der Waals surface area contributed by atoms with E-state index in [1.165, 1.54) is 7.11 Å². The van der Waals surface area contributed by atoms with Crippen molar-refractivity contribution in [2.24, 2.45) is 16.8 Å². The predicted octanol–water partition coefficient (Wildman–Crippen LogP) is 3.41. The monoisotopic (exact) mass is 362 g/mol. The molecule has 27 heavy (non-hydrogen) atoms. The van der Waals surface area contributed by atoms with Gasteiger partial charge >= 0.3 is 5.97 Å². The second-order valence-corrected chi connectivity index (χ2v) is 7.48. The molecule has 3 heterocycles. The predicted molar refractivity (Wildman–Crippen MR) is 107 cm³/mol. The van der Waals surface area contributed by atoms with Crippen LogP contribution >= 0.6 is 0 Å². The van der Waals surface area contributed by atoms with Crippen LogP contribution in [0.5, 0.6) is 0 Å². The van der Waals surface area contributed by atoms with E-state index in [9.17, 15) is 4.79 Å². The van der Waals surface area contributed by atoms with Gasteiger partial charge in [-0.05, 0) is 31.8 Å². The van der Waals surface area contributed by atoms with Crippen molar-refractivity contribution in [2.75, 3.05) is 26.7 Å². The molecule has 0 unspecified atom stereocenters. The van der Waals surface area contributed by atoms with Crippen LogP contribution in [0.15, 0.2) is 65.7 Å². The number of nitrogens with zero attached hydrogens (tertiary/aromatic N) is 2. The lowest BCUT2D eigenvalue weighted by molar-refractivity contribution is -0.145. The van der Waals surface area contributed by atoms with Crippen molar-refractivity contribution in [1.82, 2.24) is 4.90 Å². The van der Waals surface area contributed by atoms with E-state index in [1.807, 2.05) is 36.4 Å². The molecule has 2 aromatic carbocycles. The number of rotatable bonds is 5. The summed E-state index contributed by atoms with van der Waals surface area (Å²) < 4.78 is 5.18.